The molecule has 0 N–H and O–H groups in total. The van der Waals surface area contributed by atoms with Crippen LogP contribution in [0.3, 0.4) is 0 Å². The van der Waals surface area contributed by atoms with Gasteiger partial charge in [-0.25, -0.2) is 0 Å². The van der Waals surface area contributed by atoms with Crippen LogP contribution in [0.15, 0.2) is 73.1 Å². The van der Waals surface area contributed by atoms with E-state index in [9.17, 15) is 0 Å². The van der Waals surface area contributed by atoms with E-state index in [1.165, 1.54) is 32.8 Å². The standard InChI is InChI=1S/C22H15N2.Ir/c1-24-14-23-21-19-13-7-12-16(15-8-3-2-4-9-15)20(19)17-10-5-6-11-18(17)22(21)24;/h2-12,14H,1H3;/q-1;. The van der Waals surface area contributed by atoms with E-state index >= 15 is 0 Å². The Morgan fingerprint density at radius 2 is 1.60 bits per heavy atom. The van der Waals surface area contributed by atoms with Crippen LogP contribution in [0, 0.1) is 6.07 Å². The first kappa shape index (κ1) is 16.0. The van der Waals surface area contributed by atoms with Crippen molar-refractivity contribution in [3.63, 3.8) is 0 Å². The number of imidazole rings is 1. The van der Waals surface area contributed by atoms with Gasteiger partial charge in [0, 0.05) is 38.2 Å². The molecule has 0 atom stereocenters. The predicted octanol–water partition coefficient (Wildman–Crippen LogP) is 5.34. The monoisotopic (exact) mass is 500 g/mol. The quantitative estimate of drug-likeness (QED) is 0.225. The van der Waals surface area contributed by atoms with Crippen LogP contribution in [-0.2, 0) is 27.2 Å². The van der Waals surface area contributed by atoms with Gasteiger partial charge in [0.15, 0.2) is 0 Å². The molecule has 0 aliphatic carbocycles. The third-order valence-corrected chi connectivity index (χ3v) is 4.71. The number of benzene rings is 4. The van der Waals surface area contributed by atoms with Gasteiger partial charge < -0.3 is 4.57 Å². The van der Waals surface area contributed by atoms with E-state index in [4.69, 9.17) is 0 Å². The van der Waals surface area contributed by atoms with Gasteiger partial charge in [0.25, 0.3) is 0 Å². The third kappa shape index (κ3) is 2.31. The van der Waals surface area contributed by atoms with E-state index in [0.717, 1.165) is 10.9 Å². The Morgan fingerprint density at radius 3 is 2.40 bits per heavy atom. The van der Waals surface area contributed by atoms with Gasteiger partial charge in [-0.1, -0.05) is 70.9 Å². The average molecular weight is 500 g/mol. The molecular weight excluding hydrogens is 484 g/mol. The van der Waals surface area contributed by atoms with Crippen molar-refractivity contribution < 1.29 is 20.1 Å². The summed E-state index contributed by atoms with van der Waals surface area (Å²) in [5.74, 6) is 0. The summed E-state index contributed by atoms with van der Waals surface area (Å²) >= 11 is 0. The fourth-order valence-corrected chi connectivity index (χ4v) is 3.66. The van der Waals surface area contributed by atoms with Crippen LogP contribution in [-0.4, -0.2) is 9.55 Å². The van der Waals surface area contributed by atoms with Crippen molar-refractivity contribution in [3.8, 4) is 11.1 Å². The molecule has 0 saturated heterocycles. The van der Waals surface area contributed by atoms with E-state index in [1.54, 1.807) is 0 Å². The Morgan fingerprint density at radius 1 is 0.880 bits per heavy atom. The molecule has 0 aliphatic rings. The summed E-state index contributed by atoms with van der Waals surface area (Å²) in [6, 6.07) is 26.7. The molecule has 25 heavy (non-hydrogen) atoms. The Balaban J connectivity index is 0.00000157. The topological polar surface area (TPSA) is 17.8 Å². The molecule has 0 fully saturated rings. The minimum Gasteiger partial charge on any atom is -0.342 e. The Kier molecular flexibility index (Phi) is 3.91. The van der Waals surface area contributed by atoms with Gasteiger partial charge in [-0.3, -0.25) is 4.98 Å². The molecule has 3 heteroatoms. The first-order chi connectivity index (χ1) is 11.8. The van der Waals surface area contributed by atoms with Crippen molar-refractivity contribution in [1.29, 1.82) is 0 Å². The summed E-state index contributed by atoms with van der Waals surface area (Å²) in [6.45, 7) is 0. The fraction of sp³-hybridized carbons (Fsp3) is 0.0455. The number of aromatic nitrogens is 2. The maximum Gasteiger partial charge on any atom is 0.0840 e. The molecule has 1 radical (unpaired) electrons. The summed E-state index contributed by atoms with van der Waals surface area (Å²) in [4.78, 5) is 4.66. The largest absolute Gasteiger partial charge is 0.342 e. The van der Waals surface area contributed by atoms with Gasteiger partial charge in [-0.2, -0.15) is 0 Å². The van der Waals surface area contributed by atoms with E-state index < -0.39 is 0 Å². The fourth-order valence-electron chi connectivity index (χ4n) is 3.66. The Labute approximate surface area is 159 Å². The van der Waals surface area contributed by atoms with Crippen molar-refractivity contribution in [3.05, 3.63) is 79.1 Å². The second kappa shape index (κ2) is 6.11. The van der Waals surface area contributed by atoms with Gasteiger partial charge in [-0.15, -0.1) is 23.6 Å². The van der Waals surface area contributed by atoms with E-state index in [2.05, 4.69) is 83.3 Å². The van der Waals surface area contributed by atoms with Crippen molar-refractivity contribution in [2.45, 2.75) is 0 Å². The van der Waals surface area contributed by atoms with Gasteiger partial charge in [0.1, 0.15) is 0 Å². The normalized spacial score (nSPS) is 11.1. The minimum absolute atomic E-state index is 0. The summed E-state index contributed by atoms with van der Waals surface area (Å²) < 4.78 is 2.10. The van der Waals surface area contributed by atoms with Crippen molar-refractivity contribution in [2.24, 2.45) is 7.05 Å². The zero-order valence-corrected chi connectivity index (χ0v) is 16.1. The molecule has 0 aliphatic heterocycles. The Bertz CT molecular complexity index is 1210. The zero-order valence-electron chi connectivity index (χ0n) is 13.7. The number of hydrogen-bond acceptors (Lipinski definition) is 1. The average Bonchev–Trinajstić information content (AvgIpc) is 3.04. The predicted molar refractivity (Wildman–Crippen MR) is 100.0 cm³/mol. The van der Waals surface area contributed by atoms with Crippen LogP contribution in [0.2, 0.25) is 0 Å². The van der Waals surface area contributed by atoms with Crippen LogP contribution in [0.5, 0.6) is 0 Å². The molecule has 0 saturated carbocycles. The summed E-state index contributed by atoms with van der Waals surface area (Å²) in [7, 11) is 2.05. The molecule has 0 bridgehead atoms. The minimum atomic E-state index is 0. The maximum atomic E-state index is 4.66. The SMILES string of the molecule is Cn1cnc2c3[c-]ccc(-c4ccccc4)c3c3ccccc3c21.[Ir]. The number of rotatable bonds is 1. The van der Waals surface area contributed by atoms with E-state index in [-0.39, 0.29) is 20.1 Å². The maximum absolute atomic E-state index is 4.66. The molecule has 0 unspecified atom stereocenters. The molecule has 1 heterocycles. The molecule has 4 aromatic carbocycles. The molecule has 0 spiro atoms. The molecule has 2 nitrogen and oxygen atoms in total. The van der Waals surface area contributed by atoms with E-state index in [0.29, 0.717) is 0 Å². The molecule has 1 aromatic heterocycles. The van der Waals surface area contributed by atoms with Crippen LogP contribution in [0.1, 0.15) is 0 Å². The molecule has 0 amide bonds. The first-order valence-electron chi connectivity index (χ1n) is 8.06. The number of fused-ring (bicyclic) bond motifs is 6. The van der Waals surface area contributed by atoms with Crippen LogP contribution < -0.4 is 0 Å². The van der Waals surface area contributed by atoms with Crippen LogP contribution in [0.4, 0.5) is 0 Å². The van der Waals surface area contributed by atoms with Crippen molar-refractivity contribution in [1.82, 2.24) is 9.55 Å². The van der Waals surface area contributed by atoms with Crippen LogP contribution >= 0.6 is 0 Å². The van der Waals surface area contributed by atoms with Crippen LogP contribution in [0.25, 0.3) is 43.7 Å². The van der Waals surface area contributed by atoms with Gasteiger partial charge in [0.2, 0.25) is 0 Å². The third-order valence-electron chi connectivity index (χ3n) is 4.71. The number of hydrogen-bond donors (Lipinski definition) is 0. The number of nitrogens with zero attached hydrogens (tertiary/aromatic N) is 2. The smallest absolute Gasteiger partial charge is 0.0840 e. The Hall–Kier alpha value is -2.48. The molecular formula is C22H15IrN2-. The van der Waals surface area contributed by atoms with Crippen molar-refractivity contribution >= 4 is 32.6 Å². The second-order valence-corrected chi connectivity index (χ2v) is 6.11. The molecule has 123 valence electrons. The number of aryl methyl sites for hydroxylation is 1. The summed E-state index contributed by atoms with van der Waals surface area (Å²) in [5, 5.41) is 4.80. The van der Waals surface area contributed by atoms with Crippen molar-refractivity contribution in [2.75, 3.05) is 0 Å². The van der Waals surface area contributed by atoms with Gasteiger partial charge in [0.05, 0.1) is 6.33 Å². The molecule has 5 rings (SSSR count). The van der Waals surface area contributed by atoms with Gasteiger partial charge >= 0.3 is 0 Å². The summed E-state index contributed by atoms with van der Waals surface area (Å²) in [5.41, 5.74) is 4.63. The molecule has 5 aromatic rings. The summed E-state index contributed by atoms with van der Waals surface area (Å²) in [6.07, 6.45) is 1.89. The zero-order chi connectivity index (χ0) is 16.1. The first-order valence-corrected chi connectivity index (χ1v) is 8.06. The second-order valence-electron chi connectivity index (χ2n) is 6.11. The van der Waals surface area contributed by atoms with Gasteiger partial charge in [-0.05, 0) is 10.9 Å². The van der Waals surface area contributed by atoms with E-state index in [1.807, 2.05) is 12.4 Å².